The Morgan fingerprint density at radius 1 is 1.25 bits per heavy atom. The van der Waals surface area contributed by atoms with E-state index in [4.69, 9.17) is 5.73 Å². The second kappa shape index (κ2) is 4.27. The van der Waals surface area contributed by atoms with Gasteiger partial charge in [-0.25, -0.2) is 0 Å². The van der Waals surface area contributed by atoms with Crippen LogP contribution in [0, 0.1) is 17.8 Å². The van der Waals surface area contributed by atoms with Gasteiger partial charge in [-0.1, -0.05) is 33.6 Å². The lowest BCUT2D eigenvalue weighted by atomic mass is 9.81. The Kier molecular flexibility index (Phi) is 3.57. The highest BCUT2D eigenvalue weighted by Gasteiger charge is 2.33. The van der Waals surface area contributed by atoms with Gasteiger partial charge >= 0.3 is 0 Å². The van der Waals surface area contributed by atoms with Gasteiger partial charge in [0.15, 0.2) is 0 Å². The summed E-state index contributed by atoms with van der Waals surface area (Å²) in [6, 6.07) is 0.482. The minimum Gasteiger partial charge on any atom is -0.327 e. The third-order valence-electron chi connectivity index (χ3n) is 3.84. The van der Waals surface area contributed by atoms with Crippen LogP contribution in [0.25, 0.3) is 0 Å². The second-order valence-electron chi connectivity index (χ2n) is 4.34. The van der Waals surface area contributed by atoms with Crippen molar-refractivity contribution in [3.63, 3.8) is 0 Å². The predicted molar refractivity (Wildman–Crippen MR) is 53.9 cm³/mol. The van der Waals surface area contributed by atoms with E-state index in [1.54, 1.807) is 0 Å². The quantitative estimate of drug-likeness (QED) is 0.690. The van der Waals surface area contributed by atoms with Gasteiger partial charge in [-0.15, -0.1) is 0 Å². The van der Waals surface area contributed by atoms with Gasteiger partial charge in [0, 0.05) is 6.04 Å². The van der Waals surface area contributed by atoms with Gasteiger partial charge in [-0.05, 0) is 30.6 Å². The molecule has 0 heterocycles. The maximum Gasteiger partial charge on any atom is 0.00673 e. The molecule has 0 aromatic heterocycles. The molecule has 2 N–H and O–H groups in total. The zero-order valence-corrected chi connectivity index (χ0v) is 8.72. The standard InChI is InChI=1S/C11H23N/c1-4-9(5-2)10-6-7-11(12)8(10)3/h8-11H,4-7,12H2,1-3H3. The van der Waals surface area contributed by atoms with Crippen LogP contribution in [0.4, 0.5) is 0 Å². The molecule has 3 unspecified atom stereocenters. The molecule has 0 aromatic carbocycles. The Labute approximate surface area is 76.7 Å². The van der Waals surface area contributed by atoms with Crippen LogP contribution in [0.5, 0.6) is 0 Å². The fourth-order valence-electron chi connectivity index (χ4n) is 2.79. The van der Waals surface area contributed by atoms with Crippen molar-refractivity contribution in [3.05, 3.63) is 0 Å². The molecule has 0 aliphatic heterocycles. The van der Waals surface area contributed by atoms with E-state index in [1.807, 2.05) is 0 Å². The van der Waals surface area contributed by atoms with E-state index in [0.29, 0.717) is 6.04 Å². The van der Waals surface area contributed by atoms with Crippen LogP contribution in [-0.2, 0) is 0 Å². The second-order valence-corrected chi connectivity index (χ2v) is 4.34. The minimum atomic E-state index is 0.482. The molecule has 0 aromatic rings. The first-order valence-corrected chi connectivity index (χ1v) is 5.46. The summed E-state index contributed by atoms with van der Waals surface area (Å²) in [5.41, 5.74) is 6.02. The van der Waals surface area contributed by atoms with E-state index in [9.17, 15) is 0 Å². The molecule has 1 fully saturated rings. The average Bonchev–Trinajstić information content (AvgIpc) is 2.38. The highest BCUT2D eigenvalue weighted by molar-refractivity contribution is 4.87. The van der Waals surface area contributed by atoms with Crippen LogP contribution in [0.3, 0.4) is 0 Å². The molecule has 72 valence electrons. The molecule has 1 rings (SSSR count). The molecule has 0 bridgehead atoms. The zero-order valence-electron chi connectivity index (χ0n) is 8.72. The topological polar surface area (TPSA) is 26.0 Å². The van der Waals surface area contributed by atoms with E-state index < -0.39 is 0 Å². The van der Waals surface area contributed by atoms with Crippen molar-refractivity contribution in [2.75, 3.05) is 0 Å². The van der Waals surface area contributed by atoms with Crippen molar-refractivity contribution in [2.45, 2.75) is 52.5 Å². The van der Waals surface area contributed by atoms with E-state index in [2.05, 4.69) is 20.8 Å². The normalized spacial score (nSPS) is 36.2. The largest absolute Gasteiger partial charge is 0.327 e. The van der Waals surface area contributed by atoms with Gasteiger partial charge in [0.1, 0.15) is 0 Å². The molecule has 1 saturated carbocycles. The molecule has 1 aliphatic carbocycles. The highest BCUT2D eigenvalue weighted by Crippen LogP contribution is 2.38. The maximum atomic E-state index is 6.02. The van der Waals surface area contributed by atoms with Crippen molar-refractivity contribution in [3.8, 4) is 0 Å². The van der Waals surface area contributed by atoms with Crippen LogP contribution in [0.1, 0.15) is 46.5 Å². The summed E-state index contributed by atoms with van der Waals surface area (Å²) in [4.78, 5) is 0. The monoisotopic (exact) mass is 169 g/mol. The SMILES string of the molecule is CCC(CC)C1CCC(N)C1C. The summed E-state index contributed by atoms with van der Waals surface area (Å²) in [7, 11) is 0. The summed E-state index contributed by atoms with van der Waals surface area (Å²) in [6.45, 7) is 6.95. The van der Waals surface area contributed by atoms with Crippen molar-refractivity contribution in [1.29, 1.82) is 0 Å². The number of hydrogen-bond acceptors (Lipinski definition) is 1. The zero-order chi connectivity index (χ0) is 9.14. The van der Waals surface area contributed by atoms with Crippen molar-refractivity contribution < 1.29 is 0 Å². The van der Waals surface area contributed by atoms with Crippen LogP contribution in [0.15, 0.2) is 0 Å². The van der Waals surface area contributed by atoms with Crippen LogP contribution in [0.2, 0.25) is 0 Å². The summed E-state index contributed by atoms with van der Waals surface area (Å²) in [5.74, 6) is 2.60. The van der Waals surface area contributed by atoms with Gasteiger partial charge in [0.2, 0.25) is 0 Å². The summed E-state index contributed by atoms with van der Waals surface area (Å²) in [5, 5.41) is 0. The Morgan fingerprint density at radius 3 is 2.17 bits per heavy atom. The number of rotatable bonds is 3. The molecular weight excluding hydrogens is 146 g/mol. The third-order valence-corrected chi connectivity index (χ3v) is 3.84. The molecule has 0 amide bonds. The van der Waals surface area contributed by atoms with Gasteiger partial charge < -0.3 is 5.73 Å². The molecule has 0 radical (unpaired) electrons. The smallest absolute Gasteiger partial charge is 0.00673 e. The van der Waals surface area contributed by atoms with Crippen molar-refractivity contribution in [2.24, 2.45) is 23.5 Å². The third kappa shape index (κ3) is 1.82. The van der Waals surface area contributed by atoms with Crippen molar-refractivity contribution in [1.82, 2.24) is 0 Å². The lowest BCUT2D eigenvalue weighted by Gasteiger charge is -2.25. The van der Waals surface area contributed by atoms with E-state index in [1.165, 1.54) is 25.7 Å². The fourth-order valence-corrected chi connectivity index (χ4v) is 2.79. The predicted octanol–water partition coefficient (Wildman–Crippen LogP) is 2.80. The minimum absolute atomic E-state index is 0.482. The first kappa shape index (κ1) is 10.0. The van der Waals surface area contributed by atoms with Gasteiger partial charge in [-0.3, -0.25) is 0 Å². The lowest BCUT2D eigenvalue weighted by Crippen LogP contribution is -2.27. The van der Waals surface area contributed by atoms with E-state index >= 15 is 0 Å². The van der Waals surface area contributed by atoms with Crippen LogP contribution >= 0.6 is 0 Å². The Bertz CT molecular complexity index is 129. The highest BCUT2D eigenvalue weighted by atomic mass is 14.7. The Morgan fingerprint density at radius 2 is 1.83 bits per heavy atom. The first-order valence-electron chi connectivity index (χ1n) is 5.46. The molecular formula is C11H23N. The molecule has 1 heteroatoms. The van der Waals surface area contributed by atoms with Crippen LogP contribution < -0.4 is 5.73 Å². The van der Waals surface area contributed by atoms with Crippen molar-refractivity contribution >= 4 is 0 Å². The molecule has 1 nitrogen and oxygen atoms in total. The maximum absolute atomic E-state index is 6.02. The molecule has 3 atom stereocenters. The molecule has 0 saturated heterocycles. The Hall–Kier alpha value is -0.0400. The van der Waals surface area contributed by atoms with E-state index in [-0.39, 0.29) is 0 Å². The summed E-state index contributed by atoms with van der Waals surface area (Å²) >= 11 is 0. The summed E-state index contributed by atoms with van der Waals surface area (Å²) in [6.07, 6.45) is 5.29. The summed E-state index contributed by atoms with van der Waals surface area (Å²) < 4.78 is 0. The molecule has 1 aliphatic rings. The Balaban J connectivity index is 2.51. The van der Waals surface area contributed by atoms with Crippen LogP contribution in [-0.4, -0.2) is 6.04 Å². The lowest BCUT2D eigenvalue weighted by molar-refractivity contribution is 0.251. The first-order chi connectivity index (χ1) is 5.70. The van der Waals surface area contributed by atoms with Gasteiger partial charge in [0.05, 0.1) is 0 Å². The molecule has 12 heavy (non-hydrogen) atoms. The number of nitrogens with two attached hydrogens (primary N) is 1. The van der Waals surface area contributed by atoms with Gasteiger partial charge in [-0.2, -0.15) is 0 Å². The number of hydrogen-bond donors (Lipinski definition) is 1. The van der Waals surface area contributed by atoms with E-state index in [0.717, 1.165) is 17.8 Å². The fraction of sp³-hybridized carbons (Fsp3) is 1.00. The molecule has 0 spiro atoms. The average molecular weight is 169 g/mol. The van der Waals surface area contributed by atoms with Gasteiger partial charge in [0.25, 0.3) is 0 Å².